The van der Waals surface area contributed by atoms with E-state index < -0.39 is 0 Å². The van der Waals surface area contributed by atoms with Crippen LogP contribution >= 0.6 is 0 Å². The molecule has 1 N–H and O–H groups in total. The molecule has 1 aliphatic heterocycles. The molecule has 0 aliphatic carbocycles. The number of aliphatic imine (C=N–C) groups is 1. The van der Waals surface area contributed by atoms with Gasteiger partial charge in [-0.3, -0.25) is 4.57 Å². The second-order valence-corrected chi connectivity index (χ2v) is 20.4. The van der Waals surface area contributed by atoms with Gasteiger partial charge in [0, 0.05) is 49.6 Å². The minimum atomic E-state index is -0.0693. The molecule has 5 heterocycles. The summed E-state index contributed by atoms with van der Waals surface area (Å²) in [5.41, 5.74) is 19.0. The van der Waals surface area contributed by atoms with E-state index in [2.05, 4.69) is 292 Å². The lowest BCUT2D eigenvalue weighted by molar-refractivity contribution is 0.731. The Kier molecular flexibility index (Phi) is 10.2. The molecular weight excluding hydrogens is 963 g/mol. The summed E-state index contributed by atoms with van der Waals surface area (Å²) >= 11 is 0. The highest BCUT2D eigenvalue weighted by molar-refractivity contribution is 6.24. The van der Waals surface area contributed by atoms with Crippen molar-refractivity contribution in [3.05, 3.63) is 284 Å². The molecule has 7 heteroatoms. The number of nitrogens with zero attached hydrogens (tertiary/aromatic N) is 6. The van der Waals surface area contributed by atoms with E-state index in [1.165, 1.54) is 27.1 Å². The lowest BCUT2D eigenvalue weighted by Gasteiger charge is -2.28. The number of hydrogen-bond donors (Lipinski definition) is 1. The summed E-state index contributed by atoms with van der Waals surface area (Å²) in [5.74, 6) is 1.47. The van der Waals surface area contributed by atoms with Crippen LogP contribution in [0.15, 0.2) is 278 Å². The van der Waals surface area contributed by atoms with Gasteiger partial charge in [0.15, 0.2) is 5.82 Å². The quantitative estimate of drug-likeness (QED) is 0.173. The number of hydrogen-bond acceptors (Lipinski definition) is 4. The highest BCUT2D eigenvalue weighted by atomic mass is 15.2. The molecule has 0 radical (unpaired) electrons. The van der Waals surface area contributed by atoms with Gasteiger partial charge in [-0.2, -0.15) is 0 Å². The molecule has 4 aromatic heterocycles. The third-order valence-electron chi connectivity index (χ3n) is 15.9. The molecule has 0 spiro atoms. The molecule has 1 unspecified atom stereocenters. The molecule has 0 bridgehead atoms. The molecule has 79 heavy (non-hydrogen) atoms. The second-order valence-electron chi connectivity index (χ2n) is 20.4. The van der Waals surface area contributed by atoms with Gasteiger partial charge in [0.1, 0.15) is 0 Å². The molecule has 0 saturated heterocycles. The van der Waals surface area contributed by atoms with Gasteiger partial charge in [-0.1, -0.05) is 194 Å². The van der Waals surface area contributed by atoms with Crippen molar-refractivity contribution in [1.29, 1.82) is 0 Å². The van der Waals surface area contributed by atoms with Crippen molar-refractivity contribution in [2.75, 3.05) is 0 Å². The van der Waals surface area contributed by atoms with Crippen LogP contribution < -0.4 is 5.32 Å². The number of benzene rings is 11. The molecular formula is C72H47N7. The van der Waals surface area contributed by atoms with Crippen molar-refractivity contribution in [1.82, 2.24) is 29.0 Å². The summed E-state index contributed by atoms with van der Waals surface area (Å²) in [7, 11) is 0. The largest absolute Gasteiger partial charge is 0.344 e. The molecule has 1 aliphatic rings. The summed E-state index contributed by atoms with van der Waals surface area (Å²) in [5, 5.41) is 11.0. The normalized spacial score (nSPS) is 13.4. The number of aromatic nitrogens is 5. The lowest BCUT2D eigenvalue weighted by atomic mass is 9.96. The Morgan fingerprint density at radius 2 is 0.962 bits per heavy atom. The number of nitrogens with one attached hydrogen (secondary N) is 1. The monoisotopic (exact) mass is 1010 g/mol. The molecule has 7 nitrogen and oxygen atoms in total. The van der Waals surface area contributed by atoms with Crippen LogP contribution in [0.4, 0.5) is 5.69 Å². The Morgan fingerprint density at radius 3 is 1.73 bits per heavy atom. The van der Waals surface area contributed by atoms with Crippen LogP contribution in [0.1, 0.15) is 17.2 Å². The van der Waals surface area contributed by atoms with Gasteiger partial charge in [0.25, 0.3) is 0 Å². The first-order valence-electron chi connectivity index (χ1n) is 26.9. The zero-order valence-corrected chi connectivity index (χ0v) is 42.7. The summed E-state index contributed by atoms with van der Waals surface area (Å²) < 4.78 is 7.04. The maximum Gasteiger partial charge on any atom is 0.209 e. The summed E-state index contributed by atoms with van der Waals surface area (Å²) in [6, 6.07) is 97.4. The summed E-state index contributed by atoms with van der Waals surface area (Å²) in [6.45, 7) is 0. The topological polar surface area (TPSA) is 65.0 Å². The van der Waals surface area contributed by atoms with Crippen LogP contribution in [0.25, 0.3) is 122 Å². The van der Waals surface area contributed by atoms with E-state index in [1.54, 1.807) is 0 Å². The summed E-state index contributed by atoms with van der Waals surface area (Å²) in [6.07, 6.45) is 0. The third kappa shape index (κ3) is 7.24. The first-order chi connectivity index (χ1) is 39.2. The van der Waals surface area contributed by atoms with Crippen molar-refractivity contribution in [3.63, 3.8) is 0 Å². The van der Waals surface area contributed by atoms with Gasteiger partial charge >= 0.3 is 0 Å². The predicted octanol–water partition coefficient (Wildman–Crippen LogP) is 17.7. The molecule has 370 valence electrons. The van der Waals surface area contributed by atoms with E-state index in [0.717, 1.165) is 112 Å². The Morgan fingerprint density at radius 1 is 0.367 bits per heavy atom. The standard InChI is InChI=1S/C72H47N7/c1-6-21-47(22-7-1)65-45-61-70(78(65)54-29-14-5-15-30-54)69(49-25-10-3-11-26-49)75-71(73-61)52-37-40-62-58(43-52)56-38-34-51(44-66(56)77(62)53-27-12-4-13-28-53)50-36-39-63-59(42-50)67-55-31-17-16-20-46(55)35-41-64(67)79(63)72-74-60-33-19-18-32-57(60)68(76-72)48-23-8-2-9-24-48/h1-45,68H,(H,74,76). The Hall–Kier alpha value is -10.6. The van der Waals surface area contributed by atoms with Gasteiger partial charge < -0.3 is 14.5 Å². The van der Waals surface area contributed by atoms with E-state index in [0.29, 0.717) is 5.82 Å². The van der Waals surface area contributed by atoms with E-state index in [4.69, 9.17) is 15.0 Å². The molecule has 0 fully saturated rings. The number of fused-ring (bicyclic) bond motifs is 10. The minimum absolute atomic E-state index is 0.0693. The average Bonchev–Trinajstić information content (AvgIpc) is 4.42. The van der Waals surface area contributed by atoms with Crippen molar-refractivity contribution in [2.24, 2.45) is 4.99 Å². The Labute approximate surface area is 455 Å². The molecule has 1 atom stereocenters. The fraction of sp³-hybridized carbons (Fsp3) is 0.0139. The first kappa shape index (κ1) is 44.6. The van der Waals surface area contributed by atoms with Crippen LogP contribution in [-0.2, 0) is 0 Å². The minimum Gasteiger partial charge on any atom is -0.344 e. The second kappa shape index (κ2) is 18.0. The van der Waals surface area contributed by atoms with E-state index in [9.17, 15) is 0 Å². The molecule has 0 amide bonds. The van der Waals surface area contributed by atoms with E-state index >= 15 is 0 Å². The first-order valence-corrected chi connectivity index (χ1v) is 26.9. The van der Waals surface area contributed by atoms with E-state index in [1.807, 2.05) is 0 Å². The highest BCUT2D eigenvalue weighted by Gasteiger charge is 2.28. The van der Waals surface area contributed by atoms with Crippen LogP contribution in [0.3, 0.4) is 0 Å². The predicted molar refractivity (Wildman–Crippen MR) is 326 cm³/mol. The lowest BCUT2D eigenvalue weighted by Crippen LogP contribution is -2.36. The van der Waals surface area contributed by atoms with Crippen LogP contribution in [0.5, 0.6) is 0 Å². The van der Waals surface area contributed by atoms with E-state index in [-0.39, 0.29) is 6.04 Å². The highest BCUT2D eigenvalue weighted by Crippen LogP contribution is 2.43. The van der Waals surface area contributed by atoms with Crippen LogP contribution in [0.2, 0.25) is 0 Å². The molecule has 11 aromatic carbocycles. The molecule has 16 rings (SSSR count). The zero-order valence-electron chi connectivity index (χ0n) is 42.7. The van der Waals surface area contributed by atoms with Crippen molar-refractivity contribution in [3.8, 4) is 56.4 Å². The van der Waals surface area contributed by atoms with Gasteiger partial charge in [0.2, 0.25) is 5.96 Å². The third-order valence-corrected chi connectivity index (χ3v) is 15.9. The van der Waals surface area contributed by atoms with Crippen molar-refractivity contribution in [2.45, 2.75) is 6.04 Å². The molecule has 15 aromatic rings. The Balaban J connectivity index is 0.876. The summed E-state index contributed by atoms with van der Waals surface area (Å²) in [4.78, 5) is 16.3. The van der Waals surface area contributed by atoms with Gasteiger partial charge in [-0.15, -0.1) is 0 Å². The van der Waals surface area contributed by atoms with Crippen LogP contribution in [0, 0.1) is 0 Å². The Bertz CT molecular complexity index is 4900. The van der Waals surface area contributed by atoms with Gasteiger partial charge in [-0.25, -0.2) is 15.0 Å². The van der Waals surface area contributed by atoms with Crippen molar-refractivity contribution < 1.29 is 0 Å². The molecule has 0 saturated carbocycles. The fourth-order valence-corrected chi connectivity index (χ4v) is 12.3. The average molecular weight is 1010 g/mol. The van der Waals surface area contributed by atoms with Gasteiger partial charge in [-0.05, 0) is 112 Å². The zero-order chi connectivity index (χ0) is 52.0. The van der Waals surface area contributed by atoms with Gasteiger partial charge in [0.05, 0.1) is 56.2 Å². The number of rotatable bonds is 7. The number of para-hydroxylation sites is 3. The maximum atomic E-state index is 5.51. The fourth-order valence-electron chi connectivity index (χ4n) is 12.3. The van der Waals surface area contributed by atoms with Crippen LogP contribution in [-0.4, -0.2) is 29.6 Å². The smallest absolute Gasteiger partial charge is 0.209 e. The maximum absolute atomic E-state index is 5.51. The van der Waals surface area contributed by atoms with Crippen molar-refractivity contribution >= 4 is 77.1 Å². The SMILES string of the molecule is c1ccc(-c2nc(-c3ccc4c(c3)c3ccc(-c5ccc6c(c5)c5c7ccccc7ccc5n6C5=Nc6ccccc6C(c6ccccc6)N5)cc3n4-c3ccccc3)nc3cc(-c4ccccc4)n(-c4ccccc4)c23)cc1.